The van der Waals surface area contributed by atoms with E-state index < -0.39 is 51.4 Å². The lowest BCUT2D eigenvalue weighted by Crippen LogP contribution is -2.17. The Kier molecular flexibility index (Phi) is 3.39. The Labute approximate surface area is 127 Å². The highest BCUT2D eigenvalue weighted by Crippen LogP contribution is 2.54. The van der Waals surface area contributed by atoms with Crippen molar-refractivity contribution in [3.8, 4) is 16.9 Å². The van der Waals surface area contributed by atoms with Gasteiger partial charge in [0.05, 0.1) is 23.3 Å². The van der Waals surface area contributed by atoms with Crippen molar-refractivity contribution >= 4 is 6.29 Å². The molecular weight excluding hydrogens is 319 g/mol. The molecule has 0 aliphatic heterocycles. The Bertz CT molecular complexity index is 830. The second-order valence-corrected chi connectivity index (χ2v) is 4.94. The van der Waals surface area contributed by atoms with Gasteiger partial charge in [0.2, 0.25) is 0 Å². The zero-order valence-corrected chi connectivity index (χ0v) is 11.7. The smallest absolute Gasteiger partial charge is 0.305 e. The van der Waals surface area contributed by atoms with Gasteiger partial charge >= 0.3 is 5.92 Å². The van der Waals surface area contributed by atoms with Crippen molar-refractivity contribution in [3.05, 3.63) is 52.3 Å². The summed E-state index contributed by atoms with van der Waals surface area (Å²) in [5, 5.41) is 0. The maximum absolute atomic E-state index is 14.5. The molecule has 0 N–H and O–H groups in total. The number of aldehydes is 1. The Morgan fingerprint density at radius 1 is 1.04 bits per heavy atom. The minimum Gasteiger partial charge on any atom is -0.491 e. The number of carbonyl (C=O) groups excluding carboxylic acids is 1. The molecule has 0 bridgehead atoms. The van der Waals surface area contributed by atoms with Crippen LogP contribution in [0.15, 0.2) is 18.2 Å². The molecule has 2 nitrogen and oxygen atoms in total. The number of alkyl halides is 2. The fourth-order valence-corrected chi connectivity index (χ4v) is 2.73. The average Bonchev–Trinajstić information content (AvgIpc) is 2.73. The molecule has 0 spiro atoms. The largest absolute Gasteiger partial charge is 0.491 e. The highest BCUT2D eigenvalue weighted by molar-refractivity contribution is 5.86. The van der Waals surface area contributed by atoms with E-state index in [2.05, 4.69) is 0 Å². The maximum atomic E-state index is 14.5. The van der Waals surface area contributed by atoms with Gasteiger partial charge in [-0.15, -0.1) is 0 Å². The third-order valence-electron chi connectivity index (χ3n) is 3.69. The van der Waals surface area contributed by atoms with Gasteiger partial charge < -0.3 is 4.74 Å². The number of benzene rings is 2. The predicted octanol–water partition coefficient (Wildman–Crippen LogP) is 4.44. The molecule has 1 aliphatic carbocycles. The van der Waals surface area contributed by atoms with E-state index in [0.29, 0.717) is 0 Å². The molecule has 0 heterocycles. The molecule has 2 aromatic rings. The van der Waals surface area contributed by atoms with Crippen molar-refractivity contribution in [1.29, 1.82) is 0 Å². The van der Waals surface area contributed by atoms with E-state index in [1.807, 2.05) is 0 Å². The summed E-state index contributed by atoms with van der Waals surface area (Å²) in [6.07, 6.45) is 0.0136. The number of fused-ring (bicyclic) bond motifs is 3. The molecule has 2 aromatic carbocycles. The van der Waals surface area contributed by atoms with Crippen LogP contribution < -0.4 is 4.74 Å². The number of halogens is 5. The summed E-state index contributed by atoms with van der Waals surface area (Å²) in [6.45, 7) is 1.59. The molecule has 0 fully saturated rings. The van der Waals surface area contributed by atoms with Gasteiger partial charge in [0.15, 0.2) is 29.5 Å². The predicted molar refractivity (Wildman–Crippen MR) is 71.3 cm³/mol. The van der Waals surface area contributed by atoms with Crippen LogP contribution in [0.2, 0.25) is 0 Å². The highest BCUT2D eigenvalue weighted by Gasteiger charge is 2.50. The first-order chi connectivity index (χ1) is 10.8. The van der Waals surface area contributed by atoms with Crippen LogP contribution in [0.4, 0.5) is 22.0 Å². The van der Waals surface area contributed by atoms with Crippen LogP contribution >= 0.6 is 0 Å². The van der Waals surface area contributed by atoms with E-state index in [4.69, 9.17) is 4.74 Å². The third-order valence-corrected chi connectivity index (χ3v) is 3.69. The van der Waals surface area contributed by atoms with E-state index >= 15 is 0 Å². The minimum atomic E-state index is -4.08. The molecule has 0 saturated heterocycles. The van der Waals surface area contributed by atoms with Crippen LogP contribution in [-0.2, 0) is 5.92 Å². The molecule has 0 unspecified atom stereocenters. The molecule has 0 atom stereocenters. The van der Waals surface area contributed by atoms with Crippen LogP contribution in [0.3, 0.4) is 0 Å². The van der Waals surface area contributed by atoms with Crippen LogP contribution in [0.5, 0.6) is 5.75 Å². The lowest BCUT2D eigenvalue weighted by atomic mass is 10.0. The lowest BCUT2D eigenvalue weighted by Gasteiger charge is -2.15. The zero-order chi connectivity index (χ0) is 16.9. The fraction of sp³-hybridized carbons (Fsp3) is 0.188. The van der Waals surface area contributed by atoms with Gasteiger partial charge in [-0.3, -0.25) is 4.79 Å². The number of carbonyl (C=O) groups is 1. The van der Waals surface area contributed by atoms with Crippen molar-refractivity contribution in [3.63, 3.8) is 0 Å². The molecule has 0 radical (unpaired) electrons. The van der Waals surface area contributed by atoms with Crippen molar-refractivity contribution in [2.45, 2.75) is 12.8 Å². The number of ether oxygens (including phenoxy) is 1. The molecule has 23 heavy (non-hydrogen) atoms. The standard InChI is InChI=1S/C16H9F5O2/c1-2-23-10-4-3-8-9-5-7(6-22)13(17)15(19)12(9)16(20,21)11(8)14(10)18/h3-6H,2H2,1H3. The number of rotatable bonds is 3. The average molecular weight is 328 g/mol. The topological polar surface area (TPSA) is 26.3 Å². The molecule has 7 heteroatoms. The first-order valence-electron chi connectivity index (χ1n) is 6.66. The van der Waals surface area contributed by atoms with E-state index in [1.165, 1.54) is 0 Å². The minimum absolute atomic E-state index is 0.0136. The summed E-state index contributed by atoms with van der Waals surface area (Å²) >= 11 is 0. The van der Waals surface area contributed by atoms with Gasteiger partial charge in [-0.05, 0) is 36.2 Å². The molecule has 120 valence electrons. The number of hydrogen-bond acceptors (Lipinski definition) is 2. The summed E-state index contributed by atoms with van der Waals surface area (Å²) in [4.78, 5) is 10.8. The van der Waals surface area contributed by atoms with E-state index in [9.17, 15) is 26.7 Å². The molecule has 1 aliphatic rings. The van der Waals surface area contributed by atoms with E-state index in [0.717, 1.165) is 18.2 Å². The molecule has 3 rings (SSSR count). The van der Waals surface area contributed by atoms with Gasteiger partial charge in [-0.2, -0.15) is 8.78 Å². The van der Waals surface area contributed by atoms with Crippen LogP contribution in [0, 0.1) is 17.5 Å². The van der Waals surface area contributed by atoms with Crippen molar-refractivity contribution in [1.82, 2.24) is 0 Å². The summed E-state index contributed by atoms with van der Waals surface area (Å²) in [5.41, 5.74) is -3.77. The Morgan fingerprint density at radius 2 is 1.70 bits per heavy atom. The SMILES string of the molecule is CCOc1ccc2c(c1F)C(F)(F)c1c-2cc(C=O)c(F)c1F. The van der Waals surface area contributed by atoms with Gasteiger partial charge in [0.1, 0.15) is 0 Å². The quantitative estimate of drug-likeness (QED) is 0.615. The zero-order valence-electron chi connectivity index (χ0n) is 11.7. The monoisotopic (exact) mass is 328 g/mol. The van der Waals surface area contributed by atoms with Crippen LogP contribution in [-0.4, -0.2) is 12.9 Å². The molecule has 0 aromatic heterocycles. The van der Waals surface area contributed by atoms with Gasteiger partial charge in [-0.1, -0.05) is 0 Å². The van der Waals surface area contributed by atoms with Gasteiger partial charge in [0, 0.05) is 0 Å². The first-order valence-corrected chi connectivity index (χ1v) is 6.66. The highest BCUT2D eigenvalue weighted by atomic mass is 19.3. The fourth-order valence-electron chi connectivity index (χ4n) is 2.73. The van der Waals surface area contributed by atoms with Gasteiger partial charge in [0.25, 0.3) is 0 Å². The summed E-state index contributed by atoms with van der Waals surface area (Å²) in [6, 6.07) is 3.06. The second kappa shape index (κ2) is 5.04. The van der Waals surface area contributed by atoms with Gasteiger partial charge in [-0.25, -0.2) is 13.2 Å². The Morgan fingerprint density at radius 3 is 2.30 bits per heavy atom. The van der Waals surface area contributed by atoms with Crippen molar-refractivity contribution < 1.29 is 31.5 Å². The summed E-state index contributed by atoms with van der Waals surface area (Å²) in [7, 11) is 0. The van der Waals surface area contributed by atoms with Crippen LogP contribution in [0.25, 0.3) is 11.1 Å². The van der Waals surface area contributed by atoms with E-state index in [1.54, 1.807) is 6.92 Å². The van der Waals surface area contributed by atoms with Crippen molar-refractivity contribution in [2.75, 3.05) is 6.61 Å². The normalized spacial score (nSPS) is 14.3. The van der Waals surface area contributed by atoms with Crippen molar-refractivity contribution in [2.24, 2.45) is 0 Å². The molecular formula is C16H9F5O2. The molecule has 0 amide bonds. The van der Waals surface area contributed by atoms with E-state index in [-0.39, 0.29) is 18.5 Å². The molecule has 0 saturated carbocycles. The second-order valence-electron chi connectivity index (χ2n) is 4.94. The Hall–Kier alpha value is -2.44. The Balaban J connectivity index is 2.38. The van der Waals surface area contributed by atoms with Crippen LogP contribution in [0.1, 0.15) is 28.4 Å². The summed E-state index contributed by atoms with van der Waals surface area (Å²) < 4.78 is 75.9. The third kappa shape index (κ3) is 1.95. The lowest BCUT2D eigenvalue weighted by molar-refractivity contribution is 0.0391. The number of hydrogen-bond donors (Lipinski definition) is 0. The summed E-state index contributed by atoms with van der Waals surface area (Å²) in [5.74, 6) is -9.36. The maximum Gasteiger partial charge on any atom is 0.305 e. The first kappa shape index (κ1) is 15.5.